The lowest BCUT2D eigenvalue weighted by Gasteiger charge is -2.23. The molecule has 154 valence electrons. The summed E-state index contributed by atoms with van der Waals surface area (Å²) in [5.74, 6) is 1.09. The molecule has 3 aromatic heterocycles. The van der Waals surface area contributed by atoms with Crippen LogP contribution in [0.25, 0.3) is 11.6 Å². The third-order valence-corrected chi connectivity index (χ3v) is 4.87. The van der Waals surface area contributed by atoms with Gasteiger partial charge in [-0.05, 0) is 37.8 Å². The maximum Gasteiger partial charge on any atom is 0.272 e. The van der Waals surface area contributed by atoms with Crippen molar-refractivity contribution in [3.05, 3.63) is 30.2 Å². The Kier molecular flexibility index (Phi) is 5.65. The van der Waals surface area contributed by atoms with Gasteiger partial charge < -0.3 is 15.2 Å². The monoisotopic (exact) mass is 399 g/mol. The van der Waals surface area contributed by atoms with Gasteiger partial charge in [0.15, 0.2) is 5.82 Å². The van der Waals surface area contributed by atoms with Crippen molar-refractivity contribution in [1.82, 2.24) is 45.7 Å². The molecule has 11 nitrogen and oxygen atoms in total. The Morgan fingerprint density at radius 2 is 2.34 bits per heavy atom. The molecule has 4 heterocycles. The number of carbonyl (C=O) groups excluding carboxylic acids is 1. The summed E-state index contributed by atoms with van der Waals surface area (Å²) < 4.78 is 7.26. The van der Waals surface area contributed by atoms with Crippen LogP contribution in [0.4, 0.5) is 0 Å². The highest BCUT2D eigenvalue weighted by atomic mass is 16.5. The van der Waals surface area contributed by atoms with Gasteiger partial charge in [0.25, 0.3) is 5.91 Å². The van der Waals surface area contributed by atoms with Gasteiger partial charge in [0.2, 0.25) is 11.7 Å². The second-order valence-corrected chi connectivity index (χ2v) is 7.63. The second-order valence-electron chi connectivity index (χ2n) is 7.63. The molecule has 0 spiro atoms. The average Bonchev–Trinajstić information content (AvgIpc) is 3.49. The highest BCUT2D eigenvalue weighted by Gasteiger charge is 2.25. The van der Waals surface area contributed by atoms with Gasteiger partial charge in [0, 0.05) is 12.7 Å². The number of carbonyl (C=O) groups is 1. The summed E-state index contributed by atoms with van der Waals surface area (Å²) in [5.41, 5.74) is 0.374. The Morgan fingerprint density at radius 1 is 1.45 bits per heavy atom. The number of aromatic amines is 1. The van der Waals surface area contributed by atoms with Crippen molar-refractivity contribution in [2.45, 2.75) is 45.2 Å². The van der Waals surface area contributed by atoms with Crippen LogP contribution < -0.4 is 10.6 Å². The molecule has 1 saturated heterocycles. The number of amides is 1. The highest BCUT2D eigenvalue weighted by Crippen LogP contribution is 2.22. The van der Waals surface area contributed by atoms with Crippen LogP contribution in [-0.4, -0.2) is 54.1 Å². The Labute approximate surface area is 167 Å². The first kappa shape index (κ1) is 19.2. The number of nitrogens with zero attached hydrogens (tertiary/aromatic N) is 6. The number of hydrogen-bond acceptors (Lipinski definition) is 8. The first-order chi connectivity index (χ1) is 14.1. The molecule has 2 atom stereocenters. The molecule has 3 N–H and O–H groups in total. The predicted octanol–water partition coefficient (Wildman–Crippen LogP) is 1.49. The van der Waals surface area contributed by atoms with Crippen molar-refractivity contribution >= 4 is 5.91 Å². The Balaban J connectivity index is 1.48. The maximum atomic E-state index is 12.8. The van der Waals surface area contributed by atoms with E-state index in [1.165, 1.54) is 6.33 Å². The smallest absolute Gasteiger partial charge is 0.272 e. The van der Waals surface area contributed by atoms with Crippen LogP contribution in [0.5, 0.6) is 0 Å². The fourth-order valence-electron chi connectivity index (χ4n) is 3.43. The molecule has 0 saturated carbocycles. The fourth-order valence-corrected chi connectivity index (χ4v) is 3.43. The molecular formula is C18H25N9O2. The summed E-state index contributed by atoms with van der Waals surface area (Å²) in [6, 6.07) is 1.59. The molecule has 29 heavy (non-hydrogen) atoms. The van der Waals surface area contributed by atoms with E-state index < -0.39 is 6.04 Å². The molecule has 0 aliphatic carbocycles. The topological polar surface area (TPSA) is 139 Å². The van der Waals surface area contributed by atoms with Crippen LogP contribution in [0.2, 0.25) is 0 Å². The maximum absolute atomic E-state index is 12.8. The Hall–Kier alpha value is -3.08. The first-order valence-electron chi connectivity index (χ1n) is 9.86. The SMILES string of the molecule is CC(C)CC(NC(=O)c1ccn(C2CCCNC2)n1)c1nc(-c2ncn[nH]2)no1. The van der Waals surface area contributed by atoms with Crippen molar-refractivity contribution in [3.8, 4) is 11.6 Å². The molecule has 0 radical (unpaired) electrons. The van der Waals surface area contributed by atoms with E-state index in [9.17, 15) is 4.79 Å². The number of hydrogen-bond donors (Lipinski definition) is 3. The first-order valence-corrected chi connectivity index (χ1v) is 9.86. The van der Waals surface area contributed by atoms with E-state index in [4.69, 9.17) is 4.52 Å². The minimum absolute atomic E-state index is 0.266. The van der Waals surface area contributed by atoms with Crippen LogP contribution in [0.15, 0.2) is 23.1 Å². The Bertz CT molecular complexity index is 925. The minimum atomic E-state index is -0.423. The zero-order valence-corrected chi connectivity index (χ0v) is 16.5. The zero-order valence-electron chi connectivity index (χ0n) is 16.5. The number of piperidine rings is 1. The van der Waals surface area contributed by atoms with Gasteiger partial charge >= 0.3 is 0 Å². The average molecular weight is 399 g/mol. The van der Waals surface area contributed by atoms with E-state index >= 15 is 0 Å². The standard InChI is InChI=1S/C18H25N9O2/c1-11(2)8-14(18-23-16(26-29-18)15-20-10-21-24-15)22-17(28)13-5-7-27(25-13)12-4-3-6-19-9-12/h5,7,10-12,14,19H,3-4,6,8-9H2,1-2H3,(H,22,28)(H,20,21,24). The number of nitrogens with one attached hydrogen (secondary N) is 3. The van der Waals surface area contributed by atoms with Crippen molar-refractivity contribution in [2.75, 3.05) is 13.1 Å². The summed E-state index contributed by atoms with van der Waals surface area (Å²) in [7, 11) is 0. The van der Waals surface area contributed by atoms with Crippen LogP contribution in [0.3, 0.4) is 0 Å². The van der Waals surface area contributed by atoms with Crippen LogP contribution in [0, 0.1) is 5.92 Å². The molecule has 3 aromatic rings. The van der Waals surface area contributed by atoms with E-state index in [0.29, 0.717) is 35.6 Å². The molecule has 1 aliphatic heterocycles. The lowest BCUT2D eigenvalue weighted by Crippen LogP contribution is -2.33. The lowest BCUT2D eigenvalue weighted by atomic mass is 10.0. The molecule has 2 unspecified atom stereocenters. The van der Waals surface area contributed by atoms with E-state index in [-0.39, 0.29) is 11.9 Å². The van der Waals surface area contributed by atoms with Crippen molar-refractivity contribution in [1.29, 1.82) is 0 Å². The molecule has 11 heteroatoms. The third-order valence-electron chi connectivity index (χ3n) is 4.87. The summed E-state index contributed by atoms with van der Waals surface area (Å²) in [5, 5.41) is 21.2. The van der Waals surface area contributed by atoms with E-state index in [1.54, 1.807) is 6.07 Å². The van der Waals surface area contributed by atoms with Gasteiger partial charge in [-0.25, -0.2) is 4.98 Å². The summed E-state index contributed by atoms with van der Waals surface area (Å²) in [6.45, 7) is 6.03. The molecule has 0 aromatic carbocycles. The van der Waals surface area contributed by atoms with Gasteiger partial charge in [-0.2, -0.15) is 15.2 Å². The molecule has 4 rings (SSSR count). The Morgan fingerprint density at radius 3 is 3.07 bits per heavy atom. The van der Waals surface area contributed by atoms with Gasteiger partial charge in [0.05, 0.1) is 6.04 Å². The molecular weight excluding hydrogens is 374 g/mol. The van der Waals surface area contributed by atoms with Gasteiger partial charge in [-0.15, -0.1) is 0 Å². The second kappa shape index (κ2) is 8.52. The minimum Gasteiger partial charge on any atom is -0.339 e. The molecule has 1 fully saturated rings. The summed E-state index contributed by atoms with van der Waals surface area (Å²) >= 11 is 0. The van der Waals surface area contributed by atoms with Crippen LogP contribution >= 0.6 is 0 Å². The third kappa shape index (κ3) is 4.50. The number of H-pyrrole nitrogens is 1. The highest BCUT2D eigenvalue weighted by molar-refractivity contribution is 5.92. The fraction of sp³-hybridized carbons (Fsp3) is 0.556. The van der Waals surface area contributed by atoms with E-state index in [2.05, 4.69) is 54.9 Å². The van der Waals surface area contributed by atoms with Crippen molar-refractivity contribution in [3.63, 3.8) is 0 Å². The lowest BCUT2D eigenvalue weighted by molar-refractivity contribution is 0.0915. The molecule has 1 amide bonds. The van der Waals surface area contributed by atoms with Crippen molar-refractivity contribution in [2.24, 2.45) is 5.92 Å². The van der Waals surface area contributed by atoms with Crippen LogP contribution in [0.1, 0.15) is 61.6 Å². The predicted molar refractivity (Wildman–Crippen MR) is 103 cm³/mol. The quantitative estimate of drug-likeness (QED) is 0.543. The number of rotatable bonds is 7. The number of aromatic nitrogens is 7. The van der Waals surface area contributed by atoms with Crippen LogP contribution in [-0.2, 0) is 0 Å². The molecule has 0 bridgehead atoms. The van der Waals surface area contributed by atoms with Crippen molar-refractivity contribution < 1.29 is 9.32 Å². The molecule has 1 aliphatic rings. The zero-order chi connectivity index (χ0) is 20.2. The van der Waals surface area contributed by atoms with Gasteiger partial charge in [-0.3, -0.25) is 14.6 Å². The summed E-state index contributed by atoms with van der Waals surface area (Å²) in [4.78, 5) is 21.2. The van der Waals surface area contributed by atoms with E-state index in [1.807, 2.05) is 10.9 Å². The van der Waals surface area contributed by atoms with Gasteiger partial charge in [-0.1, -0.05) is 19.0 Å². The normalized spacial score (nSPS) is 18.1. The van der Waals surface area contributed by atoms with Gasteiger partial charge in [0.1, 0.15) is 18.1 Å². The van der Waals surface area contributed by atoms with E-state index in [0.717, 1.165) is 25.9 Å². The largest absolute Gasteiger partial charge is 0.339 e. The summed E-state index contributed by atoms with van der Waals surface area (Å²) in [6.07, 6.45) is 6.04.